The Morgan fingerprint density at radius 1 is 1.04 bits per heavy atom. The molecule has 0 radical (unpaired) electrons. The number of hydrogen-bond acceptors (Lipinski definition) is 5. The third-order valence-electron chi connectivity index (χ3n) is 4.07. The summed E-state index contributed by atoms with van der Waals surface area (Å²) in [5.41, 5.74) is 3.21. The Bertz CT molecular complexity index is 1170. The Morgan fingerprint density at radius 3 is 2.63 bits per heavy atom. The molecule has 0 saturated carbocycles. The maximum Gasteiger partial charge on any atom is 0.270 e. The van der Waals surface area contributed by atoms with Crippen LogP contribution in [0.1, 0.15) is 5.56 Å². The van der Waals surface area contributed by atoms with E-state index in [1.165, 1.54) is 24.4 Å². The SMILES string of the molecule is O=[N+]([O-])c1ccc([O-])c(C=Nc2ccc3nc(-c4ccccc4)[nH]c3c2)c1. The number of nitro groups is 1. The van der Waals surface area contributed by atoms with Crippen LogP contribution < -0.4 is 5.11 Å². The summed E-state index contributed by atoms with van der Waals surface area (Å²) in [6, 6.07) is 18.7. The molecule has 0 unspecified atom stereocenters. The fourth-order valence-corrected chi connectivity index (χ4v) is 2.71. The molecule has 3 aromatic carbocycles. The number of nitrogens with one attached hydrogen (secondary N) is 1. The summed E-state index contributed by atoms with van der Waals surface area (Å²) >= 11 is 0. The van der Waals surface area contributed by atoms with Gasteiger partial charge in [0, 0.05) is 23.9 Å². The van der Waals surface area contributed by atoms with Crippen LogP contribution in [0.2, 0.25) is 0 Å². The van der Waals surface area contributed by atoms with Gasteiger partial charge in [-0.2, -0.15) is 0 Å². The molecule has 0 bridgehead atoms. The van der Waals surface area contributed by atoms with Crippen molar-refractivity contribution < 1.29 is 10.0 Å². The first-order valence-electron chi connectivity index (χ1n) is 8.15. The number of nitro benzene ring substituents is 1. The molecule has 4 rings (SSSR count). The number of benzene rings is 3. The second kappa shape index (κ2) is 6.72. The van der Waals surface area contributed by atoms with E-state index in [0.29, 0.717) is 5.69 Å². The quantitative estimate of drug-likeness (QED) is 0.339. The van der Waals surface area contributed by atoms with E-state index >= 15 is 0 Å². The van der Waals surface area contributed by atoms with Gasteiger partial charge in [-0.25, -0.2) is 4.98 Å². The van der Waals surface area contributed by atoms with Crippen LogP contribution >= 0.6 is 0 Å². The van der Waals surface area contributed by atoms with E-state index in [9.17, 15) is 15.2 Å². The van der Waals surface area contributed by atoms with Crippen LogP contribution in [-0.2, 0) is 0 Å². The van der Waals surface area contributed by atoms with Gasteiger partial charge >= 0.3 is 0 Å². The summed E-state index contributed by atoms with van der Waals surface area (Å²) in [5.74, 6) is 0.436. The van der Waals surface area contributed by atoms with E-state index in [1.54, 1.807) is 6.07 Å². The van der Waals surface area contributed by atoms with Crippen LogP contribution in [-0.4, -0.2) is 21.1 Å². The number of aromatic nitrogens is 2. The van der Waals surface area contributed by atoms with E-state index in [1.807, 2.05) is 42.5 Å². The van der Waals surface area contributed by atoms with Crippen LogP contribution in [0.5, 0.6) is 5.75 Å². The Labute approximate surface area is 153 Å². The molecule has 0 amide bonds. The highest BCUT2D eigenvalue weighted by molar-refractivity contribution is 5.88. The minimum absolute atomic E-state index is 0.146. The molecule has 0 fully saturated rings. The van der Waals surface area contributed by atoms with E-state index in [0.717, 1.165) is 22.4 Å². The fraction of sp³-hybridized carbons (Fsp3) is 0. The predicted octanol–water partition coefficient (Wildman–Crippen LogP) is 3.96. The third-order valence-corrected chi connectivity index (χ3v) is 4.07. The van der Waals surface area contributed by atoms with Gasteiger partial charge in [0.25, 0.3) is 5.69 Å². The van der Waals surface area contributed by atoms with Crippen LogP contribution in [0.4, 0.5) is 11.4 Å². The lowest BCUT2D eigenvalue weighted by atomic mass is 10.2. The van der Waals surface area contributed by atoms with Crippen LogP contribution in [0, 0.1) is 10.1 Å². The molecule has 7 heteroatoms. The van der Waals surface area contributed by atoms with Crippen molar-refractivity contribution in [2.45, 2.75) is 0 Å². The number of imidazole rings is 1. The molecule has 132 valence electrons. The number of rotatable bonds is 4. The lowest BCUT2D eigenvalue weighted by Crippen LogP contribution is -1.98. The van der Waals surface area contributed by atoms with Gasteiger partial charge in [-0.15, -0.1) is 0 Å². The topological polar surface area (TPSA) is 107 Å². The first kappa shape index (κ1) is 16.5. The minimum atomic E-state index is -0.543. The second-order valence-electron chi connectivity index (χ2n) is 5.89. The van der Waals surface area contributed by atoms with E-state index < -0.39 is 4.92 Å². The summed E-state index contributed by atoms with van der Waals surface area (Å²) in [7, 11) is 0. The maximum atomic E-state index is 11.9. The third kappa shape index (κ3) is 3.38. The van der Waals surface area contributed by atoms with Crippen molar-refractivity contribution in [2.75, 3.05) is 0 Å². The second-order valence-corrected chi connectivity index (χ2v) is 5.89. The van der Waals surface area contributed by atoms with Gasteiger partial charge in [-0.3, -0.25) is 15.1 Å². The van der Waals surface area contributed by atoms with Gasteiger partial charge in [-0.1, -0.05) is 42.1 Å². The lowest BCUT2D eigenvalue weighted by molar-refractivity contribution is -0.385. The summed E-state index contributed by atoms with van der Waals surface area (Å²) in [5, 5.41) is 22.7. The highest BCUT2D eigenvalue weighted by Crippen LogP contribution is 2.25. The molecule has 7 nitrogen and oxygen atoms in total. The predicted molar refractivity (Wildman–Crippen MR) is 101 cm³/mol. The maximum absolute atomic E-state index is 11.9. The molecule has 1 N–H and O–H groups in total. The zero-order valence-electron chi connectivity index (χ0n) is 14.0. The Kier molecular flexibility index (Phi) is 4.10. The van der Waals surface area contributed by atoms with Crippen molar-refractivity contribution in [2.24, 2.45) is 4.99 Å². The molecule has 0 aliphatic rings. The Morgan fingerprint density at radius 2 is 1.85 bits per heavy atom. The number of nitrogens with zero attached hydrogens (tertiary/aromatic N) is 3. The number of fused-ring (bicyclic) bond motifs is 1. The van der Waals surface area contributed by atoms with E-state index in [4.69, 9.17) is 0 Å². The van der Waals surface area contributed by atoms with Gasteiger partial charge in [0.1, 0.15) is 5.82 Å². The van der Waals surface area contributed by atoms with Crippen molar-refractivity contribution in [3.8, 4) is 17.1 Å². The average molecular weight is 357 g/mol. The summed E-state index contributed by atoms with van der Waals surface area (Å²) in [6.07, 6.45) is 1.34. The standard InChI is InChI=1S/C20H14N4O3/c25-19-9-7-16(24(26)27)10-14(19)12-21-15-6-8-17-18(11-15)23-20(22-17)13-4-2-1-3-5-13/h1-12,25H,(H,22,23)/p-1. The highest BCUT2D eigenvalue weighted by Gasteiger charge is 2.07. The largest absolute Gasteiger partial charge is 0.872 e. The molecule has 1 aromatic heterocycles. The smallest absolute Gasteiger partial charge is 0.270 e. The monoisotopic (exact) mass is 357 g/mol. The van der Waals surface area contributed by atoms with Crippen molar-refractivity contribution in [3.63, 3.8) is 0 Å². The van der Waals surface area contributed by atoms with Gasteiger partial charge in [0.2, 0.25) is 0 Å². The number of aliphatic imine (C=N–C) groups is 1. The Hall–Kier alpha value is -4.00. The van der Waals surface area contributed by atoms with Crippen molar-refractivity contribution in [3.05, 3.63) is 82.4 Å². The fourth-order valence-electron chi connectivity index (χ4n) is 2.71. The molecular weight excluding hydrogens is 344 g/mol. The van der Waals surface area contributed by atoms with E-state index in [2.05, 4.69) is 15.0 Å². The molecule has 0 aliphatic carbocycles. The van der Waals surface area contributed by atoms with Crippen molar-refractivity contribution >= 4 is 28.6 Å². The number of hydrogen-bond donors (Lipinski definition) is 1. The normalized spacial score (nSPS) is 11.3. The minimum Gasteiger partial charge on any atom is -0.872 e. The first-order chi connectivity index (χ1) is 13.1. The van der Waals surface area contributed by atoms with Crippen molar-refractivity contribution in [1.82, 2.24) is 9.97 Å². The zero-order valence-corrected chi connectivity index (χ0v) is 14.0. The molecule has 0 atom stereocenters. The molecular formula is C20H13N4O3-. The van der Waals surface area contributed by atoms with Crippen LogP contribution in [0.15, 0.2) is 71.7 Å². The molecule has 1 heterocycles. The summed E-state index contributed by atoms with van der Waals surface area (Å²) in [6.45, 7) is 0. The first-order valence-corrected chi connectivity index (χ1v) is 8.15. The van der Waals surface area contributed by atoms with Crippen molar-refractivity contribution in [1.29, 1.82) is 0 Å². The summed E-state index contributed by atoms with van der Waals surface area (Å²) in [4.78, 5) is 22.4. The van der Waals surface area contributed by atoms with Crippen LogP contribution in [0.3, 0.4) is 0 Å². The van der Waals surface area contributed by atoms with Crippen LogP contribution in [0.25, 0.3) is 22.4 Å². The number of non-ortho nitro benzene ring substituents is 1. The summed E-state index contributed by atoms with van der Waals surface area (Å²) < 4.78 is 0. The lowest BCUT2D eigenvalue weighted by Gasteiger charge is -2.08. The van der Waals surface area contributed by atoms with Gasteiger partial charge in [0.15, 0.2) is 0 Å². The number of H-pyrrole nitrogens is 1. The number of aromatic amines is 1. The molecule has 0 saturated heterocycles. The average Bonchev–Trinajstić information content (AvgIpc) is 3.11. The molecule has 0 spiro atoms. The van der Waals surface area contributed by atoms with Gasteiger partial charge in [-0.05, 0) is 23.8 Å². The Balaban J connectivity index is 1.66. The molecule has 0 aliphatic heterocycles. The van der Waals surface area contributed by atoms with Gasteiger partial charge < -0.3 is 10.1 Å². The highest BCUT2D eigenvalue weighted by atomic mass is 16.6. The van der Waals surface area contributed by atoms with Gasteiger partial charge in [0.05, 0.1) is 21.6 Å². The van der Waals surface area contributed by atoms with E-state index in [-0.39, 0.29) is 17.0 Å². The molecule has 27 heavy (non-hydrogen) atoms. The molecule has 4 aromatic rings. The zero-order chi connectivity index (χ0) is 18.8.